The number of urea groups is 1. The molecule has 1 fully saturated rings. The Morgan fingerprint density at radius 1 is 1.18 bits per heavy atom. The molecule has 4 rings (SSSR count). The van der Waals surface area contributed by atoms with E-state index in [1.165, 1.54) is 0 Å². The number of fused-ring (bicyclic) bond motifs is 1. The number of aromatic nitrogens is 2. The van der Waals surface area contributed by atoms with Gasteiger partial charge in [0.05, 0.1) is 27.0 Å². The molecule has 0 bridgehead atoms. The van der Waals surface area contributed by atoms with Gasteiger partial charge in [0.15, 0.2) is 0 Å². The molecule has 2 amide bonds. The zero-order valence-electron chi connectivity index (χ0n) is 18.9. The zero-order valence-corrected chi connectivity index (χ0v) is 20.4. The fourth-order valence-corrected chi connectivity index (χ4v) is 4.68. The average molecular weight is 488 g/mol. The molecule has 0 radical (unpaired) electrons. The number of carbonyl (C=O) groups excluding carboxylic acids is 1. The lowest BCUT2D eigenvalue weighted by atomic mass is 10.1. The van der Waals surface area contributed by atoms with Crippen molar-refractivity contribution in [3.63, 3.8) is 0 Å². The molecule has 1 saturated heterocycles. The van der Waals surface area contributed by atoms with Crippen molar-refractivity contribution in [1.82, 2.24) is 19.4 Å². The summed E-state index contributed by atoms with van der Waals surface area (Å²) in [5, 5.41) is 4.37. The van der Waals surface area contributed by atoms with E-state index >= 15 is 0 Å². The molecule has 174 valence electrons. The second kappa shape index (κ2) is 9.71. The SMILES string of the molecule is CCn1c(C(C)N2CCN(C(=O)Nc3ccc(Cl)c(Cl)c3)C(C)C2)nc2ccccc2c1=O. The number of hydrogen-bond acceptors (Lipinski definition) is 4. The summed E-state index contributed by atoms with van der Waals surface area (Å²) < 4.78 is 1.75. The molecule has 2 atom stereocenters. The second-order valence-corrected chi connectivity index (χ2v) is 9.12. The lowest BCUT2D eigenvalue weighted by Crippen LogP contribution is -2.55. The maximum absolute atomic E-state index is 13.0. The number of benzene rings is 2. The summed E-state index contributed by atoms with van der Waals surface area (Å²) in [6.07, 6.45) is 0. The number of amides is 2. The maximum atomic E-state index is 13.0. The predicted molar refractivity (Wildman–Crippen MR) is 133 cm³/mol. The minimum absolute atomic E-state index is 0.0161. The van der Waals surface area contributed by atoms with E-state index < -0.39 is 0 Å². The van der Waals surface area contributed by atoms with E-state index in [4.69, 9.17) is 28.2 Å². The summed E-state index contributed by atoms with van der Waals surface area (Å²) in [6, 6.07) is 12.2. The standard InChI is InChI=1S/C24H27Cl2N5O2/c1-4-30-22(28-21-8-6-5-7-18(21)23(30)32)16(3)29-11-12-31(15(2)14-29)24(33)27-17-9-10-19(25)20(26)13-17/h5-10,13,15-16H,4,11-12,14H2,1-3H3,(H,27,33). The highest BCUT2D eigenvalue weighted by Crippen LogP contribution is 2.26. The molecule has 33 heavy (non-hydrogen) atoms. The number of para-hydroxylation sites is 1. The Morgan fingerprint density at radius 2 is 1.94 bits per heavy atom. The zero-order chi connectivity index (χ0) is 23.7. The van der Waals surface area contributed by atoms with E-state index in [2.05, 4.69) is 17.1 Å². The topological polar surface area (TPSA) is 70.5 Å². The number of nitrogens with one attached hydrogen (secondary N) is 1. The molecule has 1 aliphatic heterocycles. The van der Waals surface area contributed by atoms with Crippen LogP contribution in [0.3, 0.4) is 0 Å². The molecule has 0 spiro atoms. The first-order valence-corrected chi connectivity index (χ1v) is 11.8. The Labute approximate surface area is 202 Å². The lowest BCUT2D eigenvalue weighted by Gasteiger charge is -2.42. The number of halogens is 2. The minimum Gasteiger partial charge on any atom is -0.319 e. The summed E-state index contributed by atoms with van der Waals surface area (Å²) in [6.45, 7) is 8.51. The number of carbonyl (C=O) groups is 1. The van der Waals surface area contributed by atoms with Crippen molar-refractivity contribution in [2.45, 2.75) is 39.4 Å². The number of hydrogen-bond donors (Lipinski definition) is 1. The molecule has 2 unspecified atom stereocenters. The van der Waals surface area contributed by atoms with Gasteiger partial charge in [-0.25, -0.2) is 9.78 Å². The van der Waals surface area contributed by atoms with Gasteiger partial charge in [-0.05, 0) is 51.1 Å². The molecule has 2 heterocycles. The van der Waals surface area contributed by atoms with Gasteiger partial charge < -0.3 is 10.2 Å². The summed E-state index contributed by atoms with van der Waals surface area (Å²) >= 11 is 12.0. The minimum atomic E-state index is -0.178. The third-order valence-electron chi connectivity index (χ3n) is 6.22. The second-order valence-electron chi connectivity index (χ2n) is 8.31. The van der Waals surface area contributed by atoms with Gasteiger partial charge in [0.25, 0.3) is 5.56 Å². The van der Waals surface area contributed by atoms with Crippen LogP contribution in [0.25, 0.3) is 10.9 Å². The van der Waals surface area contributed by atoms with E-state index in [1.54, 1.807) is 22.8 Å². The fraction of sp³-hybridized carbons (Fsp3) is 0.375. The van der Waals surface area contributed by atoms with E-state index in [0.717, 1.165) is 5.82 Å². The van der Waals surface area contributed by atoms with Gasteiger partial charge in [0.1, 0.15) is 5.82 Å². The molecule has 2 aromatic carbocycles. The van der Waals surface area contributed by atoms with Gasteiger partial charge >= 0.3 is 6.03 Å². The van der Waals surface area contributed by atoms with Crippen LogP contribution in [-0.4, -0.2) is 51.1 Å². The summed E-state index contributed by atoms with van der Waals surface area (Å²) in [4.78, 5) is 34.8. The van der Waals surface area contributed by atoms with Gasteiger partial charge in [0, 0.05) is 37.9 Å². The van der Waals surface area contributed by atoms with Gasteiger partial charge in [-0.15, -0.1) is 0 Å². The van der Waals surface area contributed by atoms with Gasteiger partial charge in [-0.3, -0.25) is 14.3 Å². The molecule has 1 aromatic heterocycles. The predicted octanol–water partition coefficient (Wildman–Crippen LogP) is 5.02. The van der Waals surface area contributed by atoms with Crippen molar-refractivity contribution in [2.24, 2.45) is 0 Å². The normalized spacial score (nSPS) is 17.8. The fourth-order valence-electron chi connectivity index (χ4n) is 4.38. The van der Waals surface area contributed by atoms with Crippen LogP contribution in [0.15, 0.2) is 47.3 Å². The van der Waals surface area contributed by atoms with Crippen LogP contribution < -0.4 is 10.9 Å². The molecule has 9 heteroatoms. The van der Waals surface area contributed by atoms with Crippen LogP contribution in [-0.2, 0) is 6.54 Å². The molecule has 0 aliphatic carbocycles. The molecule has 0 saturated carbocycles. The molecular formula is C24H27Cl2N5O2. The lowest BCUT2D eigenvalue weighted by molar-refractivity contribution is 0.0793. The Balaban J connectivity index is 1.50. The molecule has 7 nitrogen and oxygen atoms in total. The van der Waals surface area contributed by atoms with E-state index in [-0.39, 0.29) is 23.7 Å². The number of anilines is 1. The Morgan fingerprint density at radius 3 is 2.64 bits per heavy atom. The Hall–Kier alpha value is -2.61. The first-order chi connectivity index (χ1) is 15.8. The third kappa shape index (κ3) is 4.71. The maximum Gasteiger partial charge on any atom is 0.322 e. The van der Waals surface area contributed by atoms with Crippen LogP contribution in [0.4, 0.5) is 10.5 Å². The average Bonchev–Trinajstić information content (AvgIpc) is 2.80. The van der Waals surface area contributed by atoms with Crippen LogP contribution in [0, 0.1) is 0 Å². The first-order valence-electron chi connectivity index (χ1n) is 11.1. The third-order valence-corrected chi connectivity index (χ3v) is 6.96. The van der Waals surface area contributed by atoms with Crippen LogP contribution in [0.2, 0.25) is 10.0 Å². The van der Waals surface area contributed by atoms with E-state index in [1.807, 2.05) is 43.0 Å². The van der Waals surface area contributed by atoms with Crippen molar-refractivity contribution in [3.05, 3.63) is 68.7 Å². The van der Waals surface area contributed by atoms with Crippen molar-refractivity contribution in [3.8, 4) is 0 Å². The van der Waals surface area contributed by atoms with E-state index in [0.29, 0.717) is 52.8 Å². The highest BCUT2D eigenvalue weighted by molar-refractivity contribution is 6.42. The van der Waals surface area contributed by atoms with Gasteiger partial charge in [-0.2, -0.15) is 0 Å². The van der Waals surface area contributed by atoms with Crippen molar-refractivity contribution >= 4 is 45.8 Å². The molecule has 1 N–H and O–H groups in total. The molecule has 1 aliphatic rings. The largest absolute Gasteiger partial charge is 0.322 e. The Kier molecular flexibility index (Phi) is 6.93. The quantitative estimate of drug-likeness (QED) is 0.560. The molecule has 3 aromatic rings. The Bertz CT molecular complexity index is 1250. The smallest absolute Gasteiger partial charge is 0.319 e. The summed E-state index contributed by atoms with van der Waals surface area (Å²) in [5.74, 6) is 0.752. The number of piperazine rings is 1. The van der Waals surface area contributed by atoms with E-state index in [9.17, 15) is 9.59 Å². The summed E-state index contributed by atoms with van der Waals surface area (Å²) in [7, 11) is 0. The van der Waals surface area contributed by atoms with Crippen molar-refractivity contribution in [1.29, 1.82) is 0 Å². The van der Waals surface area contributed by atoms with Crippen LogP contribution >= 0.6 is 23.2 Å². The van der Waals surface area contributed by atoms with Crippen molar-refractivity contribution in [2.75, 3.05) is 25.0 Å². The number of rotatable bonds is 4. The monoisotopic (exact) mass is 487 g/mol. The number of nitrogens with zero attached hydrogens (tertiary/aromatic N) is 4. The van der Waals surface area contributed by atoms with Crippen LogP contribution in [0.5, 0.6) is 0 Å². The first kappa shape index (κ1) is 23.5. The summed E-state index contributed by atoms with van der Waals surface area (Å²) in [5.41, 5.74) is 1.30. The van der Waals surface area contributed by atoms with Gasteiger partial charge in [-0.1, -0.05) is 35.3 Å². The van der Waals surface area contributed by atoms with Crippen molar-refractivity contribution < 1.29 is 4.79 Å². The highest BCUT2D eigenvalue weighted by Gasteiger charge is 2.31. The molecular weight excluding hydrogens is 461 g/mol. The highest BCUT2D eigenvalue weighted by atomic mass is 35.5. The van der Waals surface area contributed by atoms with Gasteiger partial charge in [0.2, 0.25) is 0 Å². The van der Waals surface area contributed by atoms with Crippen LogP contribution in [0.1, 0.15) is 32.6 Å².